The highest BCUT2D eigenvalue weighted by Gasteiger charge is 2.25. The van der Waals surface area contributed by atoms with Crippen LogP contribution in [0.4, 0.5) is 5.69 Å². The van der Waals surface area contributed by atoms with Gasteiger partial charge in [0.1, 0.15) is 6.10 Å². The van der Waals surface area contributed by atoms with Crippen LogP contribution in [0.1, 0.15) is 71.2 Å². The Labute approximate surface area is 160 Å². The summed E-state index contributed by atoms with van der Waals surface area (Å²) in [4.78, 5) is 14.7. The van der Waals surface area contributed by atoms with Crippen LogP contribution in [0.5, 0.6) is 0 Å². The highest BCUT2D eigenvalue weighted by atomic mass is 16.5. The third-order valence-corrected chi connectivity index (χ3v) is 4.24. The summed E-state index contributed by atoms with van der Waals surface area (Å²) < 4.78 is 5.89. The lowest BCUT2D eigenvalue weighted by molar-refractivity contribution is 0.0322. The first-order valence-corrected chi connectivity index (χ1v) is 9.44. The smallest absolute Gasteiger partial charge is 0.338 e. The Morgan fingerprint density at radius 1 is 1.04 bits per heavy atom. The van der Waals surface area contributed by atoms with E-state index in [9.17, 15) is 4.79 Å². The molecular weight excluding hydrogens is 322 g/mol. The fourth-order valence-electron chi connectivity index (χ4n) is 2.80. The zero-order valence-corrected chi connectivity index (χ0v) is 18.0. The molecule has 1 rings (SSSR count). The van der Waals surface area contributed by atoms with Gasteiger partial charge in [0, 0.05) is 19.8 Å². The molecule has 0 aliphatic heterocycles. The monoisotopic (exact) mass is 359 g/mol. The molecule has 146 valence electrons. The number of hydrogen-bond acceptors (Lipinski definition) is 3. The van der Waals surface area contributed by atoms with Crippen LogP contribution < -0.4 is 4.90 Å². The summed E-state index contributed by atoms with van der Waals surface area (Å²) >= 11 is 0. The first-order chi connectivity index (χ1) is 11.8. The van der Waals surface area contributed by atoms with Gasteiger partial charge in [-0.25, -0.2) is 4.79 Å². The highest BCUT2D eigenvalue weighted by Crippen LogP contribution is 2.31. The minimum atomic E-state index is -0.274. The molecule has 0 bridgehead atoms. The van der Waals surface area contributed by atoms with Gasteiger partial charge < -0.3 is 9.64 Å². The van der Waals surface area contributed by atoms with E-state index in [1.54, 1.807) is 0 Å². The van der Waals surface area contributed by atoms with Crippen LogP contribution in [-0.2, 0) is 4.74 Å². The van der Waals surface area contributed by atoms with Gasteiger partial charge in [-0.05, 0) is 59.9 Å². The van der Waals surface area contributed by atoms with Crippen LogP contribution in [-0.4, -0.2) is 26.2 Å². The highest BCUT2D eigenvalue weighted by molar-refractivity contribution is 5.90. The number of benzene rings is 1. The number of hydrogen-bond donors (Lipinski definition) is 0. The van der Waals surface area contributed by atoms with Gasteiger partial charge >= 0.3 is 5.97 Å². The van der Waals surface area contributed by atoms with Crippen LogP contribution >= 0.6 is 0 Å². The number of carbonyl (C=O) groups excluding carboxylic acids is 1. The predicted molar refractivity (Wildman–Crippen MR) is 112 cm³/mol. The average molecular weight is 360 g/mol. The fraction of sp³-hybridized carbons (Fsp3) is 0.609. The maximum absolute atomic E-state index is 12.7. The zero-order chi connectivity index (χ0) is 20.1. The Morgan fingerprint density at radius 3 is 2.00 bits per heavy atom. The number of anilines is 1. The number of carbonyl (C=O) groups is 1. The van der Waals surface area contributed by atoms with Crippen LogP contribution in [0, 0.1) is 10.8 Å². The molecule has 1 unspecified atom stereocenters. The van der Waals surface area contributed by atoms with Crippen molar-refractivity contribution in [3.8, 4) is 0 Å². The molecule has 0 heterocycles. The number of esters is 1. The van der Waals surface area contributed by atoms with E-state index in [4.69, 9.17) is 4.74 Å². The fourth-order valence-corrected chi connectivity index (χ4v) is 2.80. The van der Waals surface area contributed by atoms with E-state index >= 15 is 0 Å². The zero-order valence-electron chi connectivity index (χ0n) is 18.0. The second kappa shape index (κ2) is 8.75. The van der Waals surface area contributed by atoms with E-state index in [0.717, 1.165) is 30.5 Å². The largest absolute Gasteiger partial charge is 0.454 e. The molecule has 3 nitrogen and oxygen atoms in total. The van der Waals surface area contributed by atoms with Gasteiger partial charge in [-0.1, -0.05) is 48.1 Å². The van der Waals surface area contributed by atoms with Crippen molar-refractivity contribution in [2.24, 2.45) is 10.8 Å². The molecule has 0 aliphatic rings. The standard InChI is InChI=1S/C23H37NO2/c1-17(16-23(5,6)7)20(14-15-22(2,3)4)26-21(25)18-10-12-19(13-11-18)24(8)9/h10-13,20H,1,14-16H2,2-9H3. The molecule has 1 aromatic carbocycles. The molecule has 1 atom stereocenters. The predicted octanol–water partition coefficient (Wildman–Crippen LogP) is 6.10. The normalized spacial score (nSPS) is 13.2. The molecule has 0 aromatic heterocycles. The van der Waals surface area contributed by atoms with Gasteiger partial charge in [0.15, 0.2) is 0 Å². The van der Waals surface area contributed by atoms with Crippen molar-refractivity contribution in [1.82, 2.24) is 0 Å². The van der Waals surface area contributed by atoms with Gasteiger partial charge in [0.2, 0.25) is 0 Å². The van der Waals surface area contributed by atoms with Crippen molar-refractivity contribution >= 4 is 11.7 Å². The Morgan fingerprint density at radius 2 is 1.58 bits per heavy atom. The molecule has 0 N–H and O–H groups in total. The Kier molecular flexibility index (Phi) is 7.49. The molecule has 0 spiro atoms. The molecule has 0 amide bonds. The van der Waals surface area contributed by atoms with Gasteiger partial charge in [-0.3, -0.25) is 0 Å². The summed E-state index contributed by atoms with van der Waals surface area (Å²) in [6, 6.07) is 7.52. The summed E-state index contributed by atoms with van der Waals surface area (Å²) in [6.45, 7) is 17.4. The Bertz CT molecular complexity index is 601. The lowest BCUT2D eigenvalue weighted by atomic mass is 9.83. The minimum Gasteiger partial charge on any atom is -0.454 e. The van der Waals surface area contributed by atoms with Crippen LogP contribution in [0.3, 0.4) is 0 Å². The van der Waals surface area contributed by atoms with Gasteiger partial charge in [-0.15, -0.1) is 0 Å². The van der Waals surface area contributed by atoms with Gasteiger partial charge in [0.05, 0.1) is 5.56 Å². The lowest BCUT2D eigenvalue weighted by Gasteiger charge is -2.28. The average Bonchev–Trinajstić information content (AvgIpc) is 2.48. The molecule has 0 aliphatic carbocycles. The number of nitrogens with zero attached hydrogens (tertiary/aromatic N) is 1. The molecule has 0 saturated carbocycles. The van der Waals surface area contributed by atoms with E-state index in [1.165, 1.54) is 0 Å². The molecule has 1 aromatic rings. The quantitative estimate of drug-likeness (QED) is 0.435. The van der Waals surface area contributed by atoms with Crippen molar-refractivity contribution in [1.29, 1.82) is 0 Å². The summed E-state index contributed by atoms with van der Waals surface area (Å²) in [6.07, 6.45) is 2.39. The summed E-state index contributed by atoms with van der Waals surface area (Å²) in [5.74, 6) is -0.274. The Hall–Kier alpha value is -1.77. The maximum Gasteiger partial charge on any atom is 0.338 e. The van der Waals surface area contributed by atoms with Crippen LogP contribution in [0.15, 0.2) is 36.4 Å². The third-order valence-electron chi connectivity index (χ3n) is 4.24. The van der Waals surface area contributed by atoms with Crippen LogP contribution in [0.25, 0.3) is 0 Å². The van der Waals surface area contributed by atoms with Crippen molar-refractivity contribution in [3.63, 3.8) is 0 Å². The minimum absolute atomic E-state index is 0.122. The first kappa shape index (κ1) is 22.3. The SMILES string of the molecule is C=C(CC(C)(C)C)C(CCC(C)(C)C)OC(=O)c1ccc(N(C)C)cc1. The van der Waals surface area contributed by atoms with E-state index in [2.05, 4.69) is 48.1 Å². The molecule has 0 saturated heterocycles. The molecule has 3 heteroatoms. The number of ether oxygens (including phenoxy) is 1. The van der Waals surface area contributed by atoms with Crippen molar-refractivity contribution in [2.75, 3.05) is 19.0 Å². The molecule has 0 radical (unpaired) electrons. The maximum atomic E-state index is 12.7. The topological polar surface area (TPSA) is 29.5 Å². The summed E-state index contributed by atoms with van der Waals surface area (Å²) in [7, 11) is 3.96. The van der Waals surface area contributed by atoms with Crippen LogP contribution in [0.2, 0.25) is 0 Å². The number of rotatable bonds is 7. The second-order valence-electron chi connectivity index (χ2n) is 9.83. The second-order valence-corrected chi connectivity index (χ2v) is 9.83. The van der Waals surface area contributed by atoms with Crippen molar-refractivity contribution in [2.45, 2.75) is 66.9 Å². The van der Waals surface area contributed by atoms with E-state index in [-0.39, 0.29) is 22.9 Å². The summed E-state index contributed by atoms with van der Waals surface area (Å²) in [5.41, 5.74) is 2.96. The van der Waals surface area contributed by atoms with Gasteiger partial charge in [-0.2, -0.15) is 0 Å². The van der Waals surface area contributed by atoms with E-state index < -0.39 is 0 Å². The van der Waals surface area contributed by atoms with Gasteiger partial charge in [0.25, 0.3) is 0 Å². The third kappa shape index (κ3) is 8.07. The summed E-state index contributed by atoms with van der Waals surface area (Å²) in [5, 5.41) is 0. The van der Waals surface area contributed by atoms with E-state index in [0.29, 0.717) is 5.56 Å². The van der Waals surface area contributed by atoms with E-state index in [1.807, 2.05) is 43.3 Å². The van der Waals surface area contributed by atoms with Crippen molar-refractivity contribution in [3.05, 3.63) is 42.0 Å². The molecule has 0 fully saturated rings. The lowest BCUT2D eigenvalue weighted by Crippen LogP contribution is -2.24. The Balaban J connectivity index is 2.88. The first-order valence-electron chi connectivity index (χ1n) is 9.44. The molecule has 26 heavy (non-hydrogen) atoms. The van der Waals surface area contributed by atoms with Crippen molar-refractivity contribution < 1.29 is 9.53 Å². The molecular formula is C23H37NO2.